The standard InChI is InChI=1S/C28H25ClN2O6S/c1-4-13-36-20-8-6-7-18(15-20)23(32)21-22(17-9-11-19(29)12-10-17)31(26(34)24(21)33)28-30-16(3)25(38-28)27(35)37-14-5-2/h5-12,15,22,32H,2,4,13-14H2,1,3H3/b23-21+. The number of halogens is 1. The number of benzene rings is 2. The second-order valence-electron chi connectivity index (χ2n) is 8.40. The quantitative estimate of drug-likeness (QED) is 0.116. The summed E-state index contributed by atoms with van der Waals surface area (Å²) in [5.74, 6) is -2.22. The number of aromatic nitrogens is 1. The van der Waals surface area contributed by atoms with Gasteiger partial charge in [-0.3, -0.25) is 14.5 Å². The number of thiazole rings is 1. The second kappa shape index (κ2) is 11.6. The first kappa shape index (κ1) is 27.1. The number of rotatable bonds is 9. The number of ketones is 1. The average Bonchev–Trinajstić information content (AvgIpc) is 3.42. The van der Waals surface area contributed by atoms with Gasteiger partial charge in [-0.2, -0.15) is 0 Å². The van der Waals surface area contributed by atoms with Gasteiger partial charge in [-0.25, -0.2) is 9.78 Å². The van der Waals surface area contributed by atoms with Crippen LogP contribution in [0.3, 0.4) is 0 Å². The molecule has 0 saturated carbocycles. The summed E-state index contributed by atoms with van der Waals surface area (Å²) in [6.07, 6.45) is 2.24. The number of esters is 1. The molecule has 8 nitrogen and oxygen atoms in total. The highest BCUT2D eigenvalue weighted by atomic mass is 35.5. The zero-order chi connectivity index (χ0) is 27.4. The number of aliphatic hydroxyl groups excluding tert-OH is 1. The summed E-state index contributed by atoms with van der Waals surface area (Å²) in [6, 6.07) is 12.2. The van der Waals surface area contributed by atoms with Crippen LogP contribution in [0.15, 0.2) is 66.8 Å². The van der Waals surface area contributed by atoms with Crippen molar-refractivity contribution in [1.29, 1.82) is 0 Å². The maximum atomic E-state index is 13.4. The van der Waals surface area contributed by atoms with Crippen LogP contribution < -0.4 is 9.64 Å². The number of ether oxygens (including phenoxy) is 2. The Morgan fingerprint density at radius 3 is 2.66 bits per heavy atom. The fraction of sp³-hybridized carbons (Fsp3) is 0.214. The van der Waals surface area contributed by atoms with Crippen LogP contribution in [0.1, 0.15) is 45.9 Å². The summed E-state index contributed by atoms with van der Waals surface area (Å²) in [4.78, 5) is 45.1. The zero-order valence-corrected chi connectivity index (χ0v) is 22.3. The molecule has 196 valence electrons. The first-order chi connectivity index (χ1) is 18.3. The Labute approximate surface area is 228 Å². The van der Waals surface area contributed by atoms with Crippen LogP contribution in [-0.4, -0.2) is 41.0 Å². The number of amides is 1. The molecular formula is C28H25ClN2O6S. The summed E-state index contributed by atoms with van der Waals surface area (Å²) >= 11 is 7.02. The minimum Gasteiger partial charge on any atom is -0.507 e. The third-order valence-electron chi connectivity index (χ3n) is 5.72. The smallest absolute Gasteiger partial charge is 0.350 e. The van der Waals surface area contributed by atoms with Crippen LogP contribution in [0, 0.1) is 6.92 Å². The average molecular weight is 553 g/mol. The molecule has 0 spiro atoms. The summed E-state index contributed by atoms with van der Waals surface area (Å²) < 4.78 is 10.8. The van der Waals surface area contributed by atoms with Crippen LogP contribution >= 0.6 is 22.9 Å². The molecule has 10 heteroatoms. The van der Waals surface area contributed by atoms with Crippen molar-refractivity contribution in [3.05, 3.63) is 93.5 Å². The molecule has 2 heterocycles. The van der Waals surface area contributed by atoms with Crippen LogP contribution in [0.2, 0.25) is 5.02 Å². The Bertz CT molecular complexity index is 1430. The Hall–Kier alpha value is -3.95. The lowest BCUT2D eigenvalue weighted by atomic mass is 9.95. The molecule has 1 aliphatic rings. The lowest BCUT2D eigenvalue weighted by molar-refractivity contribution is -0.132. The molecule has 1 N–H and O–H groups in total. The number of nitrogens with zero attached hydrogens (tertiary/aromatic N) is 2. The monoisotopic (exact) mass is 552 g/mol. The van der Waals surface area contributed by atoms with Crippen molar-refractivity contribution < 1.29 is 29.0 Å². The van der Waals surface area contributed by atoms with Gasteiger partial charge in [0.15, 0.2) is 5.13 Å². The summed E-state index contributed by atoms with van der Waals surface area (Å²) in [6.45, 7) is 7.62. The molecule has 38 heavy (non-hydrogen) atoms. The SMILES string of the molecule is C=CCOC(=O)c1sc(N2C(=O)C(=O)/C(=C(/O)c3cccc(OCCC)c3)C2c2ccc(Cl)cc2)nc1C. The van der Waals surface area contributed by atoms with Gasteiger partial charge in [0.25, 0.3) is 5.78 Å². The number of hydrogen-bond donors (Lipinski definition) is 1. The summed E-state index contributed by atoms with van der Waals surface area (Å²) in [5.41, 5.74) is 1.07. The van der Waals surface area contributed by atoms with Gasteiger partial charge >= 0.3 is 11.9 Å². The molecule has 1 fully saturated rings. The molecule has 1 aromatic heterocycles. The largest absolute Gasteiger partial charge is 0.507 e. The van der Waals surface area contributed by atoms with E-state index in [2.05, 4.69) is 11.6 Å². The highest BCUT2D eigenvalue weighted by Gasteiger charge is 2.48. The number of Topliss-reactive ketones (excluding diaryl/α,β-unsaturated/α-hetero) is 1. The van der Waals surface area contributed by atoms with Crippen molar-refractivity contribution in [1.82, 2.24) is 4.98 Å². The van der Waals surface area contributed by atoms with Crippen molar-refractivity contribution in [3.63, 3.8) is 0 Å². The first-order valence-electron chi connectivity index (χ1n) is 11.8. The number of aliphatic hydroxyl groups is 1. The molecular weight excluding hydrogens is 528 g/mol. The van der Waals surface area contributed by atoms with E-state index < -0.39 is 23.7 Å². The lowest BCUT2D eigenvalue weighted by Crippen LogP contribution is -2.29. The molecule has 0 bridgehead atoms. The van der Waals surface area contributed by atoms with Gasteiger partial charge < -0.3 is 14.6 Å². The number of anilines is 1. The lowest BCUT2D eigenvalue weighted by Gasteiger charge is -2.23. The second-order valence-corrected chi connectivity index (χ2v) is 9.81. The maximum Gasteiger partial charge on any atom is 0.350 e. The molecule has 0 aliphatic carbocycles. The Balaban J connectivity index is 1.85. The van der Waals surface area contributed by atoms with E-state index in [1.165, 1.54) is 11.0 Å². The van der Waals surface area contributed by atoms with E-state index in [0.717, 1.165) is 17.8 Å². The van der Waals surface area contributed by atoms with Gasteiger partial charge in [0, 0.05) is 10.6 Å². The third-order valence-corrected chi connectivity index (χ3v) is 7.11. The Morgan fingerprint density at radius 1 is 1.24 bits per heavy atom. The van der Waals surface area contributed by atoms with Crippen molar-refractivity contribution in [2.45, 2.75) is 26.3 Å². The van der Waals surface area contributed by atoms with E-state index in [1.807, 2.05) is 6.92 Å². The minimum absolute atomic E-state index is 0.0157. The van der Waals surface area contributed by atoms with Gasteiger partial charge in [0.2, 0.25) is 0 Å². The van der Waals surface area contributed by atoms with Gasteiger partial charge in [0.1, 0.15) is 23.0 Å². The Kier molecular flexibility index (Phi) is 8.29. The fourth-order valence-corrected chi connectivity index (χ4v) is 5.09. The van der Waals surface area contributed by atoms with Crippen molar-refractivity contribution in [2.75, 3.05) is 18.1 Å². The third kappa shape index (κ3) is 5.34. The van der Waals surface area contributed by atoms with E-state index in [9.17, 15) is 19.5 Å². The van der Waals surface area contributed by atoms with E-state index in [1.54, 1.807) is 55.5 Å². The first-order valence-corrected chi connectivity index (χ1v) is 13.0. The molecule has 1 unspecified atom stereocenters. The van der Waals surface area contributed by atoms with E-state index in [-0.39, 0.29) is 27.9 Å². The van der Waals surface area contributed by atoms with E-state index >= 15 is 0 Å². The number of aryl methyl sites for hydroxylation is 1. The number of hydrogen-bond acceptors (Lipinski definition) is 8. The highest BCUT2D eigenvalue weighted by molar-refractivity contribution is 7.17. The normalized spacial score (nSPS) is 16.5. The molecule has 1 atom stereocenters. The van der Waals surface area contributed by atoms with E-state index in [4.69, 9.17) is 21.1 Å². The fourth-order valence-electron chi connectivity index (χ4n) is 3.97. The molecule has 2 aromatic carbocycles. The minimum atomic E-state index is -1.02. The van der Waals surface area contributed by atoms with E-state index in [0.29, 0.717) is 34.2 Å². The van der Waals surface area contributed by atoms with Crippen molar-refractivity contribution in [3.8, 4) is 5.75 Å². The number of carbonyl (C=O) groups is 3. The number of carbonyl (C=O) groups excluding carboxylic acids is 3. The van der Waals surface area contributed by atoms with Gasteiger partial charge in [-0.15, -0.1) is 0 Å². The highest BCUT2D eigenvalue weighted by Crippen LogP contribution is 2.44. The Morgan fingerprint density at radius 2 is 1.97 bits per heavy atom. The van der Waals surface area contributed by atoms with Crippen LogP contribution in [0.25, 0.3) is 5.76 Å². The molecule has 0 radical (unpaired) electrons. The summed E-state index contributed by atoms with van der Waals surface area (Å²) in [5, 5.41) is 11.9. The van der Waals surface area contributed by atoms with Gasteiger partial charge in [-0.05, 0) is 43.2 Å². The van der Waals surface area contributed by atoms with Gasteiger partial charge in [-0.1, -0.05) is 66.8 Å². The predicted octanol–water partition coefficient (Wildman–Crippen LogP) is 5.86. The topological polar surface area (TPSA) is 106 Å². The van der Waals surface area contributed by atoms with Crippen molar-refractivity contribution >= 4 is 51.5 Å². The predicted molar refractivity (Wildman–Crippen MR) is 146 cm³/mol. The maximum absolute atomic E-state index is 13.4. The molecule has 1 aliphatic heterocycles. The van der Waals surface area contributed by atoms with Crippen LogP contribution in [-0.2, 0) is 14.3 Å². The van der Waals surface area contributed by atoms with Crippen molar-refractivity contribution in [2.24, 2.45) is 0 Å². The molecule has 3 aromatic rings. The summed E-state index contributed by atoms with van der Waals surface area (Å²) in [7, 11) is 0. The van der Waals surface area contributed by atoms with Crippen LogP contribution in [0.4, 0.5) is 5.13 Å². The van der Waals surface area contributed by atoms with Gasteiger partial charge in [0.05, 0.1) is 23.9 Å². The molecule has 1 amide bonds. The zero-order valence-electron chi connectivity index (χ0n) is 20.8. The molecule has 1 saturated heterocycles. The van der Waals surface area contributed by atoms with Crippen LogP contribution in [0.5, 0.6) is 5.75 Å². The molecule has 4 rings (SSSR count).